The van der Waals surface area contributed by atoms with Crippen molar-refractivity contribution in [2.24, 2.45) is 10.2 Å². The maximum absolute atomic E-state index is 4.59. The summed E-state index contributed by atoms with van der Waals surface area (Å²) in [6.07, 6.45) is 3.16. The molecule has 0 aliphatic heterocycles. The van der Waals surface area contributed by atoms with Crippen LogP contribution in [0.4, 0.5) is 17.1 Å². The third kappa shape index (κ3) is 5.41. The Bertz CT molecular complexity index is 1530. The van der Waals surface area contributed by atoms with Crippen LogP contribution in [-0.4, -0.2) is 13.1 Å². The molecule has 37 heavy (non-hydrogen) atoms. The van der Waals surface area contributed by atoms with Gasteiger partial charge in [0.15, 0.2) is 0 Å². The molecule has 5 rings (SSSR count). The molecule has 0 unspecified atom stereocenters. The largest absolute Gasteiger partial charge is 0.372 e. The highest BCUT2D eigenvalue weighted by Crippen LogP contribution is 2.28. The molecule has 0 N–H and O–H groups in total. The minimum absolute atomic E-state index is 0.508. The second-order valence-electron chi connectivity index (χ2n) is 9.94. The van der Waals surface area contributed by atoms with Gasteiger partial charge in [0, 0.05) is 18.8 Å². The van der Waals surface area contributed by atoms with Crippen molar-refractivity contribution in [1.29, 1.82) is 0 Å². The Labute approximate surface area is 220 Å². The first-order valence-electron chi connectivity index (χ1n) is 13.4. The maximum Gasteiger partial charge on any atom is 0.0860 e. The summed E-state index contributed by atoms with van der Waals surface area (Å²) >= 11 is 0. The van der Waals surface area contributed by atoms with Crippen LogP contribution in [0, 0.1) is 0 Å². The lowest BCUT2D eigenvalue weighted by Gasteiger charge is -2.21. The van der Waals surface area contributed by atoms with Gasteiger partial charge in [-0.15, -0.1) is 0 Å². The second-order valence-corrected chi connectivity index (χ2v) is 9.94. The number of hydrogen-bond acceptors (Lipinski definition) is 3. The van der Waals surface area contributed by atoms with Crippen LogP contribution >= 0.6 is 0 Å². The highest BCUT2D eigenvalue weighted by Gasteiger charge is 2.14. The Hall–Kier alpha value is -3.98. The SMILES string of the molecule is CCN(CC)c1ccc2c(c1)=C(c1ccccc1)Cc1cc(N=Nc3ccc(C(C)C)cc3)ccc1C=2. The van der Waals surface area contributed by atoms with E-state index >= 15 is 0 Å². The highest BCUT2D eigenvalue weighted by molar-refractivity contribution is 5.74. The molecule has 4 aromatic carbocycles. The molecule has 0 radical (unpaired) electrons. The van der Waals surface area contributed by atoms with E-state index in [4.69, 9.17) is 0 Å². The normalized spacial score (nSPS) is 12.7. The molecule has 0 saturated heterocycles. The molecular weight excluding hydrogens is 450 g/mol. The standard InChI is InChI=1S/C34H35N3/c1-5-37(6-2)32-19-15-28-20-27-14-18-31(36-35-30-16-12-25(13-17-30)24(3)4)21-29(27)22-33(34(28)23-32)26-10-8-7-9-11-26/h7-21,23-24H,5-6,22H2,1-4H3. The Kier molecular flexibility index (Phi) is 7.32. The van der Waals surface area contributed by atoms with E-state index in [1.807, 2.05) is 12.1 Å². The zero-order chi connectivity index (χ0) is 25.8. The van der Waals surface area contributed by atoms with Crippen LogP contribution in [0.5, 0.6) is 0 Å². The van der Waals surface area contributed by atoms with Gasteiger partial charge in [0.05, 0.1) is 11.4 Å². The van der Waals surface area contributed by atoms with Crippen LogP contribution in [0.1, 0.15) is 55.9 Å². The summed E-state index contributed by atoms with van der Waals surface area (Å²) in [7, 11) is 0. The molecule has 0 heterocycles. The topological polar surface area (TPSA) is 28.0 Å². The predicted molar refractivity (Wildman–Crippen MR) is 157 cm³/mol. The van der Waals surface area contributed by atoms with Crippen LogP contribution in [0.3, 0.4) is 0 Å². The molecule has 186 valence electrons. The fraction of sp³-hybridized carbons (Fsp3) is 0.235. The molecule has 0 bridgehead atoms. The molecule has 3 nitrogen and oxygen atoms in total. The van der Waals surface area contributed by atoms with Crippen molar-refractivity contribution >= 4 is 28.7 Å². The second kappa shape index (κ2) is 11.0. The molecule has 4 aromatic rings. The van der Waals surface area contributed by atoms with Gasteiger partial charge in [0.1, 0.15) is 0 Å². The van der Waals surface area contributed by atoms with E-state index in [-0.39, 0.29) is 0 Å². The van der Waals surface area contributed by atoms with Crippen LogP contribution in [0.25, 0.3) is 11.6 Å². The molecule has 3 heteroatoms. The Morgan fingerprint density at radius 1 is 0.757 bits per heavy atom. The maximum atomic E-state index is 4.59. The number of anilines is 1. The molecule has 0 aromatic heterocycles. The van der Waals surface area contributed by atoms with Gasteiger partial charge in [0.2, 0.25) is 0 Å². The predicted octanol–water partition coefficient (Wildman–Crippen LogP) is 7.66. The summed E-state index contributed by atoms with van der Waals surface area (Å²) in [5.74, 6) is 0.508. The van der Waals surface area contributed by atoms with E-state index < -0.39 is 0 Å². The summed E-state index contributed by atoms with van der Waals surface area (Å²) in [4.78, 5) is 2.41. The molecule has 0 saturated carbocycles. The van der Waals surface area contributed by atoms with Crippen molar-refractivity contribution in [2.75, 3.05) is 18.0 Å². The lowest BCUT2D eigenvalue weighted by atomic mass is 9.95. The van der Waals surface area contributed by atoms with Crippen LogP contribution in [0.2, 0.25) is 0 Å². The summed E-state index contributed by atoms with van der Waals surface area (Å²) in [6, 6.07) is 32.5. The lowest BCUT2D eigenvalue weighted by molar-refractivity contribution is 0.865. The summed E-state index contributed by atoms with van der Waals surface area (Å²) < 4.78 is 0. The first-order chi connectivity index (χ1) is 18.1. The van der Waals surface area contributed by atoms with Gasteiger partial charge >= 0.3 is 0 Å². The molecular formula is C34H35N3. The average molecular weight is 486 g/mol. The smallest absolute Gasteiger partial charge is 0.0860 e. The van der Waals surface area contributed by atoms with E-state index in [1.165, 1.54) is 44.0 Å². The monoisotopic (exact) mass is 485 g/mol. The molecule has 1 aliphatic carbocycles. The molecule has 0 spiro atoms. The van der Waals surface area contributed by atoms with E-state index in [0.717, 1.165) is 30.9 Å². The van der Waals surface area contributed by atoms with Gasteiger partial charge in [0.25, 0.3) is 0 Å². The quantitative estimate of drug-likeness (QED) is 0.247. The summed E-state index contributed by atoms with van der Waals surface area (Å²) in [5, 5.41) is 11.7. The van der Waals surface area contributed by atoms with Crippen molar-refractivity contribution in [2.45, 2.75) is 40.0 Å². The van der Waals surface area contributed by atoms with Crippen molar-refractivity contribution in [3.63, 3.8) is 0 Å². The number of hydrogen-bond donors (Lipinski definition) is 0. The lowest BCUT2D eigenvalue weighted by Crippen LogP contribution is -2.30. The van der Waals surface area contributed by atoms with Crippen molar-refractivity contribution in [1.82, 2.24) is 0 Å². The fourth-order valence-electron chi connectivity index (χ4n) is 5.06. The molecule has 0 atom stereocenters. The van der Waals surface area contributed by atoms with Gasteiger partial charge in [-0.3, -0.25) is 0 Å². The van der Waals surface area contributed by atoms with Crippen molar-refractivity contribution in [3.05, 3.63) is 124 Å². The minimum atomic E-state index is 0.508. The minimum Gasteiger partial charge on any atom is -0.372 e. The van der Waals surface area contributed by atoms with E-state index in [9.17, 15) is 0 Å². The van der Waals surface area contributed by atoms with Gasteiger partial charge in [-0.1, -0.05) is 68.4 Å². The highest BCUT2D eigenvalue weighted by atomic mass is 15.1. The number of rotatable bonds is 7. The third-order valence-electron chi connectivity index (χ3n) is 7.26. The van der Waals surface area contributed by atoms with Crippen molar-refractivity contribution in [3.8, 4) is 0 Å². The van der Waals surface area contributed by atoms with E-state index in [2.05, 4.69) is 128 Å². The van der Waals surface area contributed by atoms with Gasteiger partial charge in [-0.25, -0.2) is 0 Å². The number of nitrogens with zero attached hydrogens (tertiary/aromatic N) is 3. The van der Waals surface area contributed by atoms with Crippen LogP contribution < -0.4 is 15.3 Å². The van der Waals surface area contributed by atoms with Gasteiger partial charge in [-0.05, 0) is 107 Å². The van der Waals surface area contributed by atoms with Crippen molar-refractivity contribution < 1.29 is 0 Å². The van der Waals surface area contributed by atoms with Gasteiger partial charge < -0.3 is 4.90 Å². The zero-order valence-corrected chi connectivity index (χ0v) is 22.3. The Balaban J connectivity index is 1.57. The van der Waals surface area contributed by atoms with E-state index in [0.29, 0.717) is 5.92 Å². The fourth-order valence-corrected chi connectivity index (χ4v) is 5.06. The number of fused-ring (bicyclic) bond motifs is 2. The first kappa shape index (κ1) is 24.7. The molecule has 0 fully saturated rings. The van der Waals surface area contributed by atoms with Crippen LogP contribution in [-0.2, 0) is 6.42 Å². The molecule has 0 amide bonds. The Morgan fingerprint density at radius 2 is 1.46 bits per heavy atom. The number of benzene rings is 4. The molecule has 1 aliphatic rings. The average Bonchev–Trinajstić information content (AvgIpc) is 3.09. The van der Waals surface area contributed by atoms with Gasteiger partial charge in [-0.2, -0.15) is 10.2 Å². The van der Waals surface area contributed by atoms with Crippen LogP contribution in [0.15, 0.2) is 101 Å². The third-order valence-corrected chi connectivity index (χ3v) is 7.26. The number of azo groups is 1. The summed E-state index contributed by atoms with van der Waals surface area (Å²) in [6.45, 7) is 10.8. The summed E-state index contributed by atoms with van der Waals surface area (Å²) in [5.41, 5.74) is 9.45. The van der Waals surface area contributed by atoms with E-state index in [1.54, 1.807) is 0 Å². The first-order valence-corrected chi connectivity index (χ1v) is 13.4. The zero-order valence-electron chi connectivity index (χ0n) is 22.3. The Morgan fingerprint density at radius 3 is 2.16 bits per heavy atom.